The predicted molar refractivity (Wildman–Crippen MR) is 84.2 cm³/mol. The normalized spacial score (nSPS) is 22.6. The zero-order valence-electron chi connectivity index (χ0n) is 12.9. The molecule has 0 spiro atoms. The van der Waals surface area contributed by atoms with Crippen LogP contribution in [0.2, 0.25) is 0 Å². The minimum atomic E-state index is -0.609. The molecule has 0 bridgehead atoms. The fourth-order valence-corrected chi connectivity index (χ4v) is 2.98. The molecule has 122 valence electrons. The topological polar surface area (TPSA) is 75.7 Å². The molecule has 2 heterocycles. The van der Waals surface area contributed by atoms with E-state index in [0.29, 0.717) is 18.6 Å². The monoisotopic (exact) mass is 316 g/mol. The van der Waals surface area contributed by atoms with Crippen LogP contribution in [0, 0.1) is 5.92 Å². The summed E-state index contributed by atoms with van der Waals surface area (Å²) in [6, 6.07) is 7.60. The Kier molecular flexibility index (Phi) is 4.60. The second-order valence-electron chi connectivity index (χ2n) is 6.01. The minimum Gasteiger partial charge on any atom is -0.481 e. The van der Waals surface area contributed by atoms with Crippen molar-refractivity contribution in [1.29, 1.82) is 0 Å². The number of nitrogens with zero attached hydrogens (tertiary/aromatic N) is 1. The van der Waals surface area contributed by atoms with E-state index in [4.69, 9.17) is 4.74 Å². The first-order valence-electron chi connectivity index (χ1n) is 7.96. The van der Waals surface area contributed by atoms with Crippen LogP contribution < -0.4 is 15.0 Å². The summed E-state index contributed by atoms with van der Waals surface area (Å²) in [4.78, 5) is 35.9. The highest BCUT2D eigenvalue weighted by atomic mass is 16.5. The molecule has 23 heavy (non-hydrogen) atoms. The molecule has 2 aliphatic heterocycles. The van der Waals surface area contributed by atoms with Gasteiger partial charge in [0.25, 0.3) is 5.91 Å². The molecule has 0 aliphatic carbocycles. The Morgan fingerprint density at radius 3 is 2.39 bits per heavy atom. The second kappa shape index (κ2) is 6.81. The Labute approximate surface area is 134 Å². The van der Waals surface area contributed by atoms with E-state index in [1.54, 1.807) is 0 Å². The number of aldehydes is 1. The molecule has 0 saturated carbocycles. The zero-order chi connectivity index (χ0) is 16.2. The first kappa shape index (κ1) is 15.5. The van der Waals surface area contributed by atoms with Crippen LogP contribution in [0.15, 0.2) is 24.3 Å². The molecule has 6 nitrogen and oxygen atoms in total. The molecule has 0 aromatic heterocycles. The van der Waals surface area contributed by atoms with Crippen LogP contribution in [-0.2, 0) is 14.4 Å². The van der Waals surface area contributed by atoms with Gasteiger partial charge < -0.3 is 14.4 Å². The molecule has 6 heteroatoms. The maximum atomic E-state index is 11.7. The Balaban J connectivity index is 1.58. The van der Waals surface area contributed by atoms with Crippen molar-refractivity contribution in [2.75, 3.05) is 18.0 Å². The fraction of sp³-hybridized carbons (Fsp3) is 0.471. The average molecular weight is 316 g/mol. The number of carbonyl (C=O) groups excluding carboxylic acids is 3. The molecule has 2 amide bonds. The summed E-state index contributed by atoms with van der Waals surface area (Å²) in [6.07, 6.45) is 2.93. The highest BCUT2D eigenvalue weighted by Gasteiger charge is 2.28. The molecular formula is C17H20N2O4. The predicted octanol–water partition coefficient (Wildman–Crippen LogP) is 1.29. The molecule has 1 atom stereocenters. The molecular weight excluding hydrogens is 296 g/mol. The third-order valence-electron chi connectivity index (χ3n) is 4.40. The van der Waals surface area contributed by atoms with Crippen molar-refractivity contribution < 1.29 is 19.1 Å². The first-order valence-corrected chi connectivity index (χ1v) is 7.96. The van der Waals surface area contributed by atoms with Crippen LogP contribution in [0.1, 0.15) is 25.7 Å². The summed E-state index contributed by atoms with van der Waals surface area (Å²) in [5.74, 6) is 0.178. The second-order valence-corrected chi connectivity index (χ2v) is 6.01. The van der Waals surface area contributed by atoms with E-state index < -0.39 is 6.10 Å². The minimum absolute atomic E-state index is 0.182. The van der Waals surface area contributed by atoms with Gasteiger partial charge in [-0.3, -0.25) is 14.9 Å². The smallest absolute Gasteiger partial charge is 0.267 e. The number of hydrogen-bond donors (Lipinski definition) is 1. The fourth-order valence-electron chi connectivity index (χ4n) is 2.98. The van der Waals surface area contributed by atoms with Crippen molar-refractivity contribution in [3.8, 4) is 5.75 Å². The van der Waals surface area contributed by atoms with Crippen LogP contribution >= 0.6 is 0 Å². The summed E-state index contributed by atoms with van der Waals surface area (Å²) < 4.78 is 5.66. The standard InChI is InChI=1S/C17H20N2O4/c20-11-12-7-9-19(10-8-12)13-1-3-14(4-2-13)23-15-5-6-16(21)18-17(15)22/h1-4,11-12,15H,5-10H2,(H,18,21,22). The first-order chi connectivity index (χ1) is 11.2. The Morgan fingerprint density at radius 1 is 1.09 bits per heavy atom. The van der Waals surface area contributed by atoms with Crippen LogP contribution in [0.3, 0.4) is 0 Å². The number of hydrogen-bond acceptors (Lipinski definition) is 5. The van der Waals surface area contributed by atoms with Crippen molar-refractivity contribution in [2.24, 2.45) is 5.92 Å². The molecule has 1 unspecified atom stereocenters. The molecule has 2 aliphatic rings. The number of nitrogens with one attached hydrogen (secondary N) is 1. The number of rotatable bonds is 4. The Hall–Kier alpha value is -2.37. The van der Waals surface area contributed by atoms with E-state index in [2.05, 4.69) is 10.2 Å². The van der Waals surface area contributed by atoms with Gasteiger partial charge in [-0.2, -0.15) is 0 Å². The number of carbonyl (C=O) groups is 3. The van der Waals surface area contributed by atoms with E-state index in [-0.39, 0.29) is 17.7 Å². The maximum Gasteiger partial charge on any atom is 0.267 e. The van der Waals surface area contributed by atoms with Crippen LogP contribution in [-0.4, -0.2) is 37.3 Å². The Bertz CT molecular complexity index is 591. The SMILES string of the molecule is O=CC1CCN(c2ccc(OC3CCC(=O)NC3=O)cc2)CC1. The van der Waals surface area contributed by atoms with Gasteiger partial charge in [0.15, 0.2) is 6.10 Å². The summed E-state index contributed by atoms with van der Waals surface area (Å²) in [7, 11) is 0. The van der Waals surface area contributed by atoms with E-state index in [9.17, 15) is 14.4 Å². The summed E-state index contributed by atoms with van der Waals surface area (Å²) >= 11 is 0. The van der Waals surface area contributed by atoms with Gasteiger partial charge in [0.2, 0.25) is 5.91 Å². The van der Waals surface area contributed by atoms with Crippen molar-refractivity contribution in [3.05, 3.63) is 24.3 Å². The largest absolute Gasteiger partial charge is 0.481 e. The summed E-state index contributed by atoms with van der Waals surface area (Å²) in [5.41, 5.74) is 1.09. The number of benzene rings is 1. The lowest BCUT2D eigenvalue weighted by Crippen LogP contribution is -2.46. The molecule has 1 aromatic rings. The van der Waals surface area contributed by atoms with Crippen molar-refractivity contribution in [1.82, 2.24) is 5.32 Å². The average Bonchev–Trinajstić information content (AvgIpc) is 2.58. The number of imide groups is 1. The van der Waals surface area contributed by atoms with E-state index in [0.717, 1.165) is 37.9 Å². The number of amides is 2. The van der Waals surface area contributed by atoms with Gasteiger partial charge in [-0.15, -0.1) is 0 Å². The highest BCUT2D eigenvalue weighted by molar-refractivity contribution is 5.99. The van der Waals surface area contributed by atoms with Crippen molar-refractivity contribution >= 4 is 23.8 Å². The molecule has 1 N–H and O–H groups in total. The van der Waals surface area contributed by atoms with E-state index >= 15 is 0 Å². The van der Waals surface area contributed by atoms with Gasteiger partial charge in [0.1, 0.15) is 12.0 Å². The van der Waals surface area contributed by atoms with E-state index in [1.807, 2.05) is 24.3 Å². The van der Waals surface area contributed by atoms with Crippen LogP contribution in [0.5, 0.6) is 5.75 Å². The van der Waals surface area contributed by atoms with Gasteiger partial charge in [-0.25, -0.2) is 0 Å². The summed E-state index contributed by atoms with van der Waals surface area (Å²) in [6.45, 7) is 1.74. The molecule has 2 saturated heterocycles. The lowest BCUT2D eigenvalue weighted by Gasteiger charge is -2.31. The quantitative estimate of drug-likeness (QED) is 0.669. The highest BCUT2D eigenvalue weighted by Crippen LogP contribution is 2.25. The lowest BCUT2D eigenvalue weighted by molar-refractivity contribution is -0.138. The molecule has 3 rings (SSSR count). The summed E-state index contributed by atoms with van der Waals surface area (Å²) in [5, 5.41) is 2.28. The number of anilines is 1. The zero-order valence-corrected chi connectivity index (χ0v) is 12.9. The van der Waals surface area contributed by atoms with Gasteiger partial charge in [0, 0.05) is 37.5 Å². The van der Waals surface area contributed by atoms with Crippen LogP contribution in [0.25, 0.3) is 0 Å². The van der Waals surface area contributed by atoms with Gasteiger partial charge in [-0.05, 0) is 37.1 Å². The number of piperidine rings is 2. The third-order valence-corrected chi connectivity index (χ3v) is 4.40. The Morgan fingerprint density at radius 2 is 1.78 bits per heavy atom. The molecule has 2 fully saturated rings. The van der Waals surface area contributed by atoms with Gasteiger partial charge in [0.05, 0.1) is 0 Å². The third kappa shape index (κ3) is 3.70. The van der Waals surface area contributed by atoms with Crippen molar-refractivity contribution in [2.45, 2.75) is 31.8 Å². The molecule has 1 aromatic carbocycles. The molecule has 0 radical (unpaired) electrons. The van der Waals surface area contributed by atoms with Crippen molar-refractivity contribution in [3.63, 3.8) is 0 Å². The lowest BCUT2D eigenvalue weighted by atomic mass is 9.98. The van der Waals surface area contributed by atoms with E-state index in [1.165, 1.54) is 0 Å². The van der Waals surface area contributed by atoms with Crippen LogP contribution in [0.4, 0.5) is 5.69 Å². The number of ether oxygens (including phenoxy) is 1. The van der Waals surface area contributed by atoms with Gasteiger partial charge >= 0.3 is 0 Å². The van der Waals surface area contributed by atoms with Gasteiger partial charge in [-0.1, -0.05) is 0 Å². The maximum absolute atomic E-state index is 11.7.